The van der Waals surface area contributed by atoms with E-state index in [2.05, 4.69) is 61.5 Å². The monoisotopic (exact) mass is 342 g/mol. The van der Waals surface area contributed by atoms with Crippen LogP contribution in [0.1, 0.15) is 11.1 Å². The van der Waals surface area contributed by atoms with E-state index in [0.29, 0.717) is 0 Å². The molecule has 0 atom stereocenters. The highest BCUT2D eigenvalue weighted by Gasteiger charge is 2.00. The fourth-order valence-corrected chi connectivity index (χ4v) is 2.27. The van der Waals surface area contributed by atoms with Crippen molar-refractivity contribution in [3.05, 3.63) is 71.0 Å². The van der Waals surface area contributed by atoms with Crippen LogP contribution in [0.25, 0.3) is 5.69 Å². The van der Waals surface area contributed by atoms with Crippen molar-refractivity contribution in [2.45, 2.75) is 13.5 Å². The summed E-state index contributed by atoms with van der Waals surface area (Å²) in [6, 6.07) is 10.5. The average molecular weight is 343 g/mol. The molecule has 0 aliphatic heterocycles. The summed E-state index contributed by atoms with van der Waals surface area (Å²) in [5.41, 5.74) is 4.47. The molecule has 5 heteroatoms. The van der Waals surface area contributed by atoms with Crippen molar-refractivity contribution in [2.75, 3.05) is 5.32 Å². The molecule has 2 heterocycles. The van der Waals surface area contributed by atoms with Gasteiger partial charge in [-0.3, -0.25) is 0 Å². The van der Waals surface area contributed by atoms with E-state index in [1.54, 1.807) is 12.5 Å². The molecular formula is C16H15BrN4. The minimum absolute atomic E-state index is 0.771. The molecule has 1 aromatic carbocycles. The van der Waals surface area contributed by atoms with Crippen LogP contribution in [-0.2, 0) is 6.54 Å². The van der Waals surface area contributed by atoms with E-state index in [1.165, 1.54) is 5.56 Å². The summed E-state index contributed by atoms with van der Waals surface area (Å²) in [5, 5.41) is 3.38. The van der Waals surface area contributed by atoms with Crippen molar-refractivity contribution in [3.63, 3.8) is 0 Å². The zero-order valence-electron chi connectivity index (χ0n) is 11.6. The van der Waals surface area contributed by atoms with Gasteiger partial charge in [0.25, 0.3) is 0 Å². The predicted octanol–water partition coefficient (Wildman–Crippen LogP) is 3.95. The molecule has 0 fully saturated rings. The molecule has 0 saturated carbocycles. The van der Waals surface area contributed by atoms with E-state index in [0.717, 1.165) is 28.1 Å². The van der Waals surface area contributed by atoms with Crippen LogP contribution < -0.4 is 5.32 Å². The molecule has 0 spiro atoms. The molecule has 0 aliphatic carbocycles. The number of nitrogens with one attached hydrogen (secondary N) is 1. The minimum Gasteiger partial charge on any atom is -0.380 e. The third-order valence-electron chi connectivity index (χ3n) is 3.25. The summed E-state index contributed by atoms with van der Waals surface area (Å²) in [4.78, 5) is 8.33. The van der Waals surface area contributed by atoms with Crippen LogP contribution in [0.4, 0.5) is 5.69 Å². The van der Waals surface area contributed by atoms with Crippen LogP contribution in [0, 0.1) is 6.92 Å². The second kappa shape index (κ2) is 6.10. The van der Waals surface area contributed by atoms with Crippen molar-refractivity contribution in [2.24, 2.45) is 0 Å². The molecule has 3 rings (SSSR count). The van der Waals surface area contributed by atoms with Gasteiger partial charge in [0.1, 0.15) is 4.60 Å². The number of imidazole rings is 1. The van der Waals surface area contributed by atoms with Gasteiger partial charge in [-0.05, 0) is 52.2 Å². The third kappa shape index (κ3) is 3.31. The molecule has 4 nitrogen and oxygen atoms in total. The number of benzene rings is 1. The quantitative estimate of drug-likeness (QED) is 0.730. The lowest BCUT2D eigenvalue weighted by molar-refractivity contribution is 1.05. The zero-order chi connectivity index (χ0) is 14.7. The molecule has 0 amide bonds. The number of nitrogens with zero attached hydrogens (tertiary/aromatic N) is 3. The van der Waals surface area contributed by atoms with Crippen molar-refractivity contribution < 1.29 is 0 Å². The lowest BCUT2D eigenvalue weighted by atomic mass is 10.2. The number of pyridine rings is 1. The lowest BCUT2D eigenvalue weighted by Crippen LogP contribution is -2.01. The number of aryl methyl sites for hydroxylation is 1. The lowest BCUT2D eigenvalue weighted by Gasteiger charge is -2.09. The van der Waals surface area contributed by atoms with E-state index in [4.69, 9.17) is 0 Å². The first kappa shape index (κ1) is 13.8. The number of halogens is 1. The largest absolute Gasteiger partial charge is 0.380 e. The van der Waals surface area contributed by atoms with E-state index >= 15 is 0 Å². The van der Waals surface area contributed by atoms with Crippen molar-refractivity contribution >= 4 is 21.6 Å². The maximum absolute atomic E-state index is 4.28. The number of hydrogen-bond donors (Lipinski definition) is 1. The second-order valence-corrected chi connectivity index (χ2v) is 5.57. The van der Waals surface area contributed by atoms with Gasteiger partial charge in [-0.2, -0.15) is 0 Å². The van der Waals surface area contributed by atoms with Gasteiger partial charge in [0.15, 0.2) is 0 Å². The Morgan fingerprint density at radius 1 is 1.24 bits per heavy atom. The van der Waals surface area contributed by atoms with E-state index in [9.17, 15) is 0 Å². The number of rotatable bonds is 4. The zero-order valence-corrected chi connectivity index (χ0v) is 13.2. The van der Waals surface area contributed by atoms with Gasteiger partial charge in [-0.1, -0.05) is 12.1 Å². The topological polar surface area (TPSA) is 42.7 Å². The van der Waals surface area contributed by atoms with Crippen molar-refractivity contribution in [3.8, 4) is 5.69 Å². The van der Waals surface area contributed by atoms with Crippen LogP contribution >= 0.6 is 15.9 Å². The summed E-state index contributed by atoms with van der Waals surface area (Å²) in [6.07, 6.45) is 7.34. The van der Waals surface area contributed by atoms with Gasteiger partial charge >= 0.3 is 0 Å². The molecule has 0 bridgehead atoms. The molecule has 0 aliphatic rings. The molecule has 1 N–H and O–H groups in total. The SMILES string of the molecule is Cc1cc(NCc2ccc(-n3ccnc3)cc2)cnc1Br. The van der Waals surface area contributed by atoms with Crippen LogP contribution in [0.3, 0.4) is 0 Å². The molecule has 0 unspecified atom stereocenters. The maximum Gasteiger partial charge on any atom is 0.109 e. The standard InChI is InChI=1S/C16H15BrN4/c1-12-8-14(10-20-16(12)17)19-9-13-2-4-15(5-3-13)21-7-6-18-11-21/h2-8,10-11,19H,9H2,1H3. The molecule has 2 aromatic heterocycles. The Morgan fingerprint density at radius 2 is 2.05 bits per heavy atom. The van der Waals surface area contributed by atoms with E-state index < -0.39 is 0 Å². The fourth-order valence-electron chi connectivity index (χ4n) is 2.06. The highest BCUT2D eigenvalue weighted by molar-refractivity contribution is 9.10. The highest BCUT2D eigenvalue weighted by Crippen LogP contribution is 2.17. The first-order valence-electron chi connectivity index (χ1n) is 6.66. The Balaban J connectivity index is 1.66. The smallest absolute Gasteiger partial charge is 0.109 e. The summed E-state index contributed by atoms with van der Waals surface area (Å²) >= 11 is 3.41. The van der Waals surface area contributed by atoms with E-state index in [1.807, 2.05) is 23.9 Å². The number of aromatic nitrogens is 3. The second-order valence-electron chi connectivity index (χ2n) is 4.82. The number of anilines is 1. The van der Waals surface area contributed by atoms with Gasteiger partial charge in [-0.15, -0.1) is 0 Å². The summed E-state index contributed by atoms with van der Waals surface area (Å²) in [5.74, 6) is 0. The molecule has 0 radical (unpaired) electrons. The first-order valence-corrected chi connectivity index (χ1v) is 7.45. The van der Waals surface area contributed by atoms with Gasteiger partial charge < -0.3 is 9.88 Å². The Kier molecular flexibility index (Phi) is 4.01. The van der Waals surface area contributed by atoms with Crippen LogP contribution in [0.5, 0.6) is 0 Å². The predicted molar refractivity (Wildman–Crippen MR) is 87.6 cm³/mol. The van der Waals surface area contributed by atoms with Crippen LogP contribution in [-0.4, -0.2) is 14.5 Å². The van der Waals surface area contributed by atoms with Gasteiger partial charge in [0.2, 0.25) is 0 Å². The molecule has 106 valence electrons. The van der Waals surface area contributed by atoms with Crippen molar-refractivity contribution in [1.82, 2.24) is 14.5 Å². The molecule has 21 heavy (non-hydrogen) atoms. The summed E-state index contributed by atoms with van der Waals surface area (Å²) in [6.45, 7) is 2.80. The van der Waals surface area contributed by atoms with Crippen LogP contribution in [0.15, 0.2) is 59.9 Å². The summed E-state index contributed by atoms with van der Waals surface area (Å²) in [7, 11) is 0. The first-order chi connectivity index (χ1) is 10.2. The van der Waals surface area contributed by atoms with Crippen LogP contribution in [0.2, 0.25) is 0 Å². The van der Waals surface area contributed by atoms with Gasteiger partial charge in [0.05, 0.1) is 18.2 Å². The molecule has 0 saturated heterocycles. The van der Waals surface area contributed by atoms with Crippen molar-refractivity contribution in [1.29, 1.82) is 0 Å². The normalized spacial score (nSPS) is 10.6. The third-order valence-corrected chi connectivity index (χ3v) is 4.08. The maximum atomic E-state index is 4.28. The molecule has 3 aromatic rings. The van der Waals surface area contributed by atoms with Gasteiger partial charge in [0, 0.05) is 24.6 Å². The summed E-state index contributed by atoms with van der Waals surface area (Å²) < 4.78 is 2.87. The minimum atomic E-state index is 0.771. The fraction of sp³-hybridized carbons (Fsp3) is 0.125. The Labute approximate surface area is 132 Å². The highest BCUT2D eigenvalue weighted by atomic mass is 79.9. The Bertz CT molecular complexity index is 721. The van der Waals surface area contributed by atoms with Gasteiger partial charge in [-0.25, -0.2) is 9.97 Å². The Morgan fingerprint density at radius 3 is 2.71 bits per heavy atom. The van der Waals surface area contributed by atoms with E-state index in [-0.39, 0.29) is 0 Å². The average Bonchev–Trinajstić information content (AvgIpc) is 3.03. The Hall–Kier alpha value is -2.14. The number of hydrogen-bond acceptors (Lipinski definition) is 3. The molecular weight excluding hydrogens is 328 g/mol.